The van der Waals surface area contributed by atoms with Gasteiger partial charge in [-0.25, -0.2) is 0 Å². The van der Waals surface area contributed by atoms with E-state index < -0.39 is 0 Å². The van der Waals surface area contributed by atoms with Crippen LogP contribution >= 0.6 is 11.3 Å². The van der Waals surface area contributed by atoms with E-state index in [2.05, 4.69) is 34.0 Å². The number of rotatable bonds is 4. The molecule has 3 rings (SSSR count). The van der Waals surface area contributed by atoms with Crippen molar-refractivity contribution in [3.05, 3.63) is 22.4 Å². The van der Waals surface area contributed by atoms with E-state index in [-0.39, 0.29) is 18.1 Å². The van der Waals surface area contributed by atoms with Gasteiger partial charge in [-0.15, -0.1) is 0 Å². The Morgan fingerprint density at radius 2 is 2.00 bits per heavy atom. The second-order valence-electron chi connectivity index (χ2n) is 6.63. The van der Waals surface area contributed by atoms with Crippen molar-refractivity contribution in [3.8, 4) is 0 Å². The highest BCUT2D eigenvalue weighted by atomic mass is 32.1. The molecule has 116 valence electrons. The zero-order valence-corrected chi connectivity index (χ0v) is 13.9. The Bertz CT molecular complexity index is 465. The summed E-state index contributed by atoms with van der Waals surface area (Å²) in [5.41, 5.74) is 1.24. The summed E-state index contributed by atoms with van der Waals surface area (Å²) < 4.78 is 0. The highest BCUT2D eigenvalue weighted by Crippen LogP contribution is 2.34. The van der Waals surface area contributed by atoms with E-state index in [1.807, 2.05) is 6.92 Å². The Labute approximate surface area is 131 Å². The first-order valence-electron chi connectivity index (χ1n) is 8.27. The van der Waals surface area contributed by atoms with Crippen LogP contribution in [-0.2, 0) is 4.79 Å². The molecule has 1 amide bonds. The number of amides is 1. The van der Waals surface area contributed by atoms with E-state index in [0.29, 0.717) is 5.92 Å². The van der Waals surface area contributed by atoms with Gasteiger partial charge >= 0.3 is 0 Å². The van der Waals surface area contributed by atoms with Crippen LogP contribution < -0.4 is 5.32 Å². The molecule has 4 heteroatoms. The fourth-order valence-corrected chi connectivity index (χ4v) is 4.46. The third-order valence-electron chi connectivity index (χ3n) is 5.23. The Hall–Kier alpha value is -0.870. The molecule has 0 radical (unpaired) electrons. The second kappa shape index (κ2) is 6.49. The molecule has 1 saturated heterocycles. The van der Waals surface area contributed by atoms with Crippen molar-refractivity contribution < 1.29 is 4.79 Å². The average Bonchev–Trinajstić information content (AvgIpc) is 3.12. The van der Waals surface area contributed by atoms with Crippen LogP contribution in [0.2, 0.25) is 0 Å². The molecule has 1 N–H and O–H groups in total. The number of carbonyl (C=O) groups excluding carboxylic acids is 1. The van der Waals surface area contributed by atoms with Crippen molar-refractivity contribution >= 4 is 17.2 Å². The summed E-state index contributed by atoms with van der Waals surface area (Å²) in [5.74, 6) is 1.87. The largest absolute Gasteiger partial charge is 0.321 e. The van der Waals surface area contributed by atoms with Crippen molar-refractivity contribution in [1.82, 2.24) is 10.2 Å². The number of nitrogens with one attached hydrogen (secondary N) is 1. The summed E-state index contributed by atoms with van der Waals surface area (Å²) >= 11 is 1.70. The Morgan fingerprint density at radius 1 is 1.29 bits per heavy atom. The van der Waals surface area contributed by atoms with Crippen LogP contribution in [0.15, 0.2) is 16.8 Å². The van der Waals surface area contributed by atoms with E-state index in [1.54, 1.807) is 11.3 Å². The summed E-state index contributed by atoms with van der Waals surface area (Å²) in [7, 11) is 0. The van der Waals surface area contributed by atoms with Crippen molar-refractivity contribution in [1.29, 1.82) is 0 Å². The summed E-state index contributed by atoms with van der Waals surface area (Å²) in [6.45, 7) is 5.20. The molecule has 2 heterocycles. The lowest BCUT2D eigenvalue weighted by Crippen LogP contribution is -2.36. The molecule has 1 aliphatic heterocycles. The monoisotopic (exact) mass is 306 g/mol. The lowest BCUT2D eigenvalue weighted by atomic mass is 9.80. The van der Waals surface area contributed by atoms with Gasteiger partial charge in [0.15, 0.2) is 0 Å². The molecule has 2 fully saturated rings. The minimum atomic E-state index is -0.0538. The highest BCUT2D eigenvalue weighted by Gasteiger charge is 2.38. The summed E-state index contributed by atoms with van der Waals surface area (Å²) in [6, 6.07) is 2.08. The number of carbonyl (C=O) groups is 1. The van der Waals surface area contributed by atoms with Crippen LogP contribution in [0.3, 0.4) is 0 Å². The van der Waals surface area contributed by atoms with Crippen molar-refractivity contribution in [2.24, 2.45) is 11.8 Å². The standard InChI is InChI=1S/C17H26N2OS/c1-3-13-4-6-14(7-5-13)10-19-16(15-8-9-21-11-15)18-12(2)17(19)20/h8-9,11-14,16,18H,3-7,10H2,1-2H3. The van der Waals surface area contributed by atoms with Crippen LogP contribution in [0.1, 0.15) is 57.7 Å². The molecule has 2 atom stereocenters. The van der Waals surface area contributed by atoms with Gasteiger partial charge in [-0.05, 0) is 54.0 Å². The highest BCUT2D eigenvalue weighted by molar-refractivity contribution is 7.07. The Morgan fingerprint density at radius 3 is 2.62 bits per heavy atom. The van der Waals surface area contributed by atoms with Crippen LogP contribution in [0, 0.1) is 11.8 Å². The molecule has 2 unspecified atom stereocenters. The van der Waals surface area contributed by atoms with Crippen LogP contribution in [0.25, 0.3) is 0 Å². The quantitative estimate of drug-likeness (QED) is 0.918. The van der Waals surface area contributed by atoms with E-state index in [9.17, 15) is 4.79 Å². The molecule has 2 aliphatic rings. The maximum absolute atomic E-state index is 12.5. The zero-order chi connectivity index (χ0) is 14.8. The second-order valence-corrected chi connectivity index (χ2v) is 7.41. The molecule has 21 heavy (non-hydrogen) atoms. The minimum Gasteiger partial charge on any atom is -0.321 e. The number of nitrogens with zero attached hydrogens (tertiary/aromatic N) is 1. The van der Waals surface area contributed by atoms with E-state index in [0.717, 1.165) is 12.5 Å². The third-order valence-corrected chi connectivity index (χ3v) is 5.93. The summed E-state index contributed by atoms with van der Waals surface area (Å²) in [4.78, 5) is 14.6. The topological polar surface area (TPSA) is 32.3 Å². The van der Waals surface area contributed by atoms with Crippen LogP contribution in [-0.4, -0.2) is 23.4 Å². The fraction of sp³-hybridized carbons (Fsp3) is 0.706. The minimum absolute atomic E-state index is 0.0538. The van der Waals surface area contributed by atoms with Crippen LogP contribution in [0.4, 0.5) is 0 Å². The van der Waals surface area contributed by atoms with Gasteiger partial charge in [-0.1, -0.05) is 26.2 Å². The van der Waals surface area contributed by atoms with E-state index in [1.165, 1.54) is 37.7 Å². The maximum atomic E-state index is 12.5. The molecule has 0 bridgehead atoms. The van der Waals surface area contributed by atoms with Gasteiger partial charge < -0.3 is 4.90 Å². The lowest BCUT2D eigenvalue weighted by Gasteiger charge is -2.33. The lowest BCUT2D eigenvalue weighted by molar-refractivity contribution is -0.130. The SMILES string of the molecule is CCC1CCC(CN2C(=O)C(C)NC2c2ccsc2)CC1. The first-order valence-corrected chi connectivity index (χ1v) is 9.22. The summed E-state index contributed by atoms with van der Waals surface area (Å²) in [6.07, 6.45) is 6.65. The van der Waals surface area contributed by atoms with Gasteiger partial charge in [0, 0.05) is 6.54 Å². The van der Waals surface area contributed by atoms with Gasteiger partial charge in [0.2, 0.25) is 5.91 Å². The number of hydrogen-bond acceptors (Lipinski definition) is 3. The van der Waals surface area contributed by atoms with Crippen molar-refractivity contribution in [2.75, 3.05) is 6.54 Å². The van der Waals surface area contributed by atoms with Gasteiger partial charge in [-0.3, -0.25) is 10.1 Å². The normalized spacial score (nSPS) is 33.6. The molecule has 1 saturated carbocycles. The molecular weight excluding hydrogens is 280 g/mol. The summed E-state index contributed by atoms with van der Waals surface area (Å²) in [5, 5.41) is 7.70. The van der Waals surface area contributed by atoms with Gasteiger partial charge in [0.25, 0.3) is 0 Å². The first-order chi connectivity index (χ1) is 10.2. The van der Waals surface area contributed by atoms with Crippen molar-refractivity contribution in [2.45, 2.75) is 58.2 Å². The van der Waals surface area contributed by atoms with Gasteiger partial charge in [0.05, 0.1) is 6.04 Å². The zero-order valence-electron chi connectivity index (χ0n) is 13.0. The number of hydrogen-bond donors (Lipinski definition) is 1. The molecule has 1 aliphatic carbocycles. The predicted octanol–water partition coefficient (Wildman–Crippen LogP) is 3.78. The van der Waals surface area contributed by atoms with Gasteiger partial charge in [0.1, 0.15) is 6.17 Å². The maximum Gasteiger partial charge on any atom is 0.241 e. The third kappa shape index (κ3) is 3.16. The van der Waals surface area contributed by atoms with E-state index in [4.69, 9.17) is 0 Å². The molecular formula is C17H26N2OS. The molecule has 3 nitrogen and oxygen atoms in total. The Balaban J connectivity index is 1.66. The fourth-order valence-electron chi connectivity index (χ4n) is 3.78. The predicted molar refractivity (Wildman–Crippen MR) is 87.1 cm³/mol. The van der Waals surface area contributed by atoms with Crippen LogP contribution in [0.5, 0.6) is 0 Å². The Kier molecular flexibility index (Phi) is 4.65. The molecule has 1 aromatic heterocycles. The molecule has 0 aromatic carbocycles. The molecule has 1 aromatic rings. The molecule has 0 spiro atoms. The average molecular weight is 306 g/mol. The first kappa shape index (κ1) is 15.0. The van der Waals surface area contributed by atoms with Gasteiger partial charge in [-0.2, -0.15) is 11.3 Å². The smallest absolute Gasteiger partial charge is 0.241 e. The number of thiophene rings is 1. The van der Waals surface area contributed by atoms with E-state index >= 15 is 0 Å². The van der Waals surface area contributed by atoms with Crippen molar-refractivity contribution in [3.63, 3.8) is 0 Å².